The van der Waals surface area contributed by atoms with Crippen LogP contribution in [0.3, 0.4) is 0 Å². The minimum atomic E-state index is -3.69. The standard InChI is InChI=1S/C16H14O3S.Na/c1-2-11-19-20(17,18)15-10-9-13-6-3-5-12-7-4-8-14(15)16(12)13;/h2-10,15H,1,11H2;. The van der Waals surface area contributed by atoms with Crippen LogP contribution < -0.4 is 0 Å². The van der Waals surface area contributed by atoms with E-state index in [1.807, 2.05) is 42.5 Å². The molecule has 3 nitrogen and oxygen atoms in total. The van der Waals surface area contributed by atoms with Gasteiger partial charge < -0.3 is 0 Å². The minimum Gasteiger partial charge on any atom is -0.265 e. The van der Waals surface area contributed by atoms with Crippen LogP contribution in [0.15, 0.2) is 55.1 Å². The summed E-state index contributed by atoms with van der Waals surface area (Å²) in [6, 6.07) is 11.6. The quantitative estimate of drug-likeness (QED) is 0.495. The third-order valence-electron chi connectivity index (χ3n) is 3.39. The van der Waals surface area contributed by atoms with Crippen molar-refractivity contribution >= 4 is 56.5 Å². The molecule has 3 rings (SSSR count). The fourth-order valence-electron chi connectivity index (χ4n) is 2.54. The predicted octanol–water partition coefficient (Wildman–Crippen LogP) is 3.06. The molecule has 0 aromatic heterocycles. The summed E-state index contributed by atoms with van der Waals surface area (Å²) >= 11 is 0. The summed E-state index contributed by atoms with van der Waals surface area (Å²) in [5.74, 6) is 0. The molecule has 103 valence electrons. The van der Waals surface area contributed by atoms with Gasteiger partial charge in [0, 0.05) is 29.6 Å². The van der Waals surface area contributed by atoms with Crippen molar-refractivity contribution in [3.63, 3.8) is 0 Å². The van der Waals surface area contributed by atoms with Crippen molar-refractivity contribution in [2.75, 3.05) is 6.61 Å². The molecule has 0 bridgehead atoms. The SMILES string of the molecule is C=CCOS(=O)(=O)C1C=Cc2cccc3cccc1c23.[Na]. The van der Waals surface area contributed by atoms with Crippen molar-refractivity contribution in [3.05, 3.63) is 66.3 Å². The molecule has 1 aliphatic rings. The van der Waals surface area contributed by atoms with E-state index in [-0.39, 0.29) is 36.2 Å². The van der Waals surface area contributed by atoms with Gasteiger partial charge in [0.1, 0.15) is 5.25 Å². The maximum Gasteiger partial charge on any atom is 0.278 e. The molecule has 2 aromatic rings. The van der Waals surface area contributed by atoms with Crippen LogP contribution in [-0.2, 0) is 14.3 Å². The van der Waals surface area contributed by atoms with Crippen molar-refractivity contribution in [3.8, 4) is 0 Å². The summed E-state index contributed by atoms with van der Waals surface area (Å²) in [5, 5.41) is 1.25. The molecule has 1 atom stereocenters. The first kappa shape index (κ1) is 16.5. The van der Waals surface area contributed by atoms with Crippen molar-refractivity contribution in [1.29, 1.82) is 0 Å². The number of hydrogen-bond acceptors (Lipinski definition) is 3. The third kappa shape index (κ3) is 3.00. The first-order chi connectivity index (χ1) is 9.63. The Labute approximate surface area is 146 Å². The Hall–Kier alpha value is -0.910. The van der Waals surface area contributed by atoms with E-state index < -0.39 is 15.4 Å². The van der Waals surface area contributed by atoms with E-state index in [0.717, 1.165) is 21.9 Å². The van der Waals surface area contributed by atoms with Crippen LogP contribution in [0.25, 0.3) is 16.8 Å². The average Bonchev–Trinajstić information content (AvgIpc) is 2.46. The second-order valence-corrected chi connectivity index (χ2v) is 6.37. The van der Waals surface area contributed by atoms with E-state index in [4.69, 9.17) is 4.18 Å². The molecule has 1 aliphatic carbocycles. The van der Waals surface area contributed by atoms with Gasteiger partial charge in [-0.25, -0.2) is 0 Å². The summed E-state index contributed by atoms with van der Waals surface area (Å²) in [6.45, 7) is 3.47. The second-order valence-electron chi connectivity index (χ2n) is 4.64. The molecule has 1 radical (unpaired) electrons. The first-order valence-corrected chi connectivity index (χ1v) is 7.79. The van der Waals surface area contributed by atoms with E-state index in [1.54, 1.807) is 6.08 Å². The fraction of sp³-hybridized carbons (Fsp3) is 0.125. The third-order valence-corrected chi connectivity index (χ3v) is 4.89. The van der Waals surface area contributed by atoms with Gasteiger partial charge in [-0.05, 0) is 21.9 Å². The second kappa shape index (κ2) is 6.46. The Morgan fingerprint density at radius 3 is 2.62 bits per heavy atom. The van der Waals surface area contributed by atoms with Crippen molar-refractivity contribution in [1.82, 2.24) is 0 Å². The molecule has 5 heteroatoms. The van der Waals surface area contributed by atoms with E-state index in [9.17, 15) is 8.42 Å². The van der Waals surface area contributed by atoms with Gasteiger partial charge in [-0.2, -0.15) is 8.42 Å². The molecule has 0 N–H and O–H groups in total. The van der Waals surface area contributed by atoms with Gasteiger partial charge in [-0.3, -0.25) is 4.18 Å². The van der Waals surface area contributed by atoms with Crippen LogP contribution >= 0.6 is 0 Å². The van der Waals surface area contributed by atoms with Crippen LogP contribution in [0.1, 0.15) is 16.4 Å². The molecule has 0 amide bonds. The van der Waals surface area contributed by atoms with Gasteiger partial charge >= 0.3 is 0 Å². The predicted molar refractivity (Wildman–Crippen MR) is 86.5 cm³/mol. The van der Waals surface area contributed by atoms with Gasteiger partial charge in [0.05, 0.1) is 6.61 Å². The van der Waals surface area contributed by atoms with E-state index in [2.05, 4.69) is 6.58 Å². The molecule has 0 aliphatic heterocycles. The minimum absolute atomic E-state index is 0. The molecular weight excluding hydrogens is 295 g/mol. The molecule has 0 saturated heterocycles. The smallest absolute Gasteiger partial charge is 0.265 e. The molecule has 0 fully saturated rings. The number of hydrogen-bond donors (Lipinski definition) is 0. The molecular formula is C16H14NaO3S. The summed E-state index contributed by atoms with van der Waals surface area (Å²) in [4.78, 5) is 0. The van der Waals surface area contributed by atoms with Crippen molar-refractivity contribution < 1.29 is 12.6 Å². The molecule has 0 saturated carbocycles. The van der Waals surface area contributed by atoms with Crippen molar-refractivity contribution in [2.24, 2.45) is 0 Å². The molecule has 21 heavy (non-hydrogen) atoms. The van der Waals surface area contributed by atoms with Gasteiger partial charge in [0.15, 0.2) is 0 Å². The number of benzene rings is 2. The Bertz CT molecular complexity index is 804. The van der Waals surface area contributed by atoms with Gasteiger partial charge in [-0.1, -0.05) is 54.6 Å². The normalized spacial score (nSPS) is 16.5. The Morgan fingerprint density at radius 2 is 1.90 bits per heavy atom. The molecule has 1 unspecified atom stereocenters. The Balaban J connectivity index is 0.00000161. The number of rotatable bonds is 4. The maximum absolute atomic E-state index is 12.3. The van der Waals surface area contributed by atoms with Crippen LogP contribution in [0.5, 0.6) is 0 Å². The van der Waals surface area contributed by atoms with Crippen LogP contribution in [0.4, 0.5) is 0 Å². The average molecular weight is 309 g/mol. The topological polar surface area (TPSA) is 43.4 Å². The van der Waals surface area contributed by atoms with Crippen LogP contribution in [0.2, 0.25) is 0 Å². The zero-order chi connectivity index (χ0) is 14.2. The molecule has 0 heterocycles. The Kier molecular flexibility index (Phi) is 5.07. The first-order valence-electron chi connectivity index (χ1n) is 6.32. The summed E-state index contributed by atoms with van der Waals surface area (Å²) in [6.07, 6.45) is 4.95. The van der Waals surface area contributed by atoms with Gasteiger partial charge in [0.2, 0.25) is 0 Å². The fourth-order valence-corrected chi connectivity index (χ4v) is 3.75. The summed E-state index contributed by atoms with van der Waals surface area (Å²) in [5.41, 5.74) is 1.80. The van der Waals surface area contributed by atoms with Gasteiger partial charge in [-0.15, -0.1) is 6.58 Å². The zero-order valence-electron chi connectivity index (χ0n) is 11.8. The Morgan fingerprint density at radius 1 is 1.19 bits per heavy atom. The molecule has 2 aromatic carbocycles. The van der Waals surface area contributed by atoms with Gasteiger partial charge in [0.25, 0.3) is 10.1 Å². The maximum atomic E-state index is 12.3. The summed E-state index contributed by atoms with van der Waals surface area (Å²) in [7, 11) is -3.69. The van der Waals surface area contributed by atoms with E-state index in [1.165, 1.54) is 6.08 Å². The zero-order valence-corrected chi connectivity index (χ0v) is 14.6. The largest absolute Gasteiger partial charge is 0.278 e. The monoisotopic (exact) mass is 309 g/mol. The van der Waals surface area contributed by atoms with E-state index in [0.29, 0.717) is 0 Å². The summed E-state index contributed by atoms with van der Waals surface area (Å²) < 4.78 is 29.5. The van der Waals surface area contributed by atoms with Crippen LogP contribution in [-0.4, -0.2) is 44.6 Å². The molecule has 0 spiro atoms. The van der Waals surface area contributed by atoms with Crippen molar-refractivity contribution in [2.45, 2.75) is 5.25 Å². The van der Waals surface area contributed by atoms with E-state index >= 15 is 0 Å². The van der Waals surface area contributed by atoms with Crippen LogP contribution in [0, 0.1) is 0 Å².